The molecule has 3 rings (SSSR count). The van der Waals surface area contributed by atoms with Gasteiger partial charge in [0.15, 0.2) is 5.82 Å². The fraction of sp³-hybridized carbons (Fsp3) is 0.667. The molecule has 1 N–H and O–H groups in total. The smallest absolute Gasteiger partial charge is 0.239 e. The molecule has 0 spiro atoms. The molecule has 0 aromatic carbocycles. The molecule has 0 radical (unpaired) electrons. The average Bonchev–Trinajstić information content (AvgIpc) is 2.46. The van der Waals surface area contributed by atoms with E-state index in [9.17, 15) is 4.79 Å². The van der Waals surface area contributed by atoms with E-state index in [1.54, 1.807) is 7.11 Å². The number of amides is 1. The Labute approximate surface area is 124 Å². The Hall–Kier alpha value is -1.69. The second kappa shape index (κ2) is 5.97. The molecular weight excluding hydrogens is 268 g/mol. The minimum absolute atomic E-state index is 0.0858. The van der Waals surface area contributed by atoms with Crippen LogP contribution in [0.2, 0.25) is 0 Å². The molecule has 6 nitrogen and oxygen atoms in total. The molecule has 6 heteroatoms. The molecule has 1 aliphatic heterocycles. The normalized spacial score (nSPS) is 25.4. The summed E-state index contributed by atoms with van der Waals surface area (Å²) in [7, 11) is 1.64. The largest absolute Gasteiger partial charge is 0.377 e. The highest BCUT2D eigenvalue weighted by Gasteiger charge is 2.37. The Morgan fingerprint density at radius 1 is 1.38 bits per heavy atom. The van der Waals surface area contributed by atoms with E-state index >= 15 is 0 Å². The molecule has 2 fully saturated rings. The van der Waals surface area contributed by atoms with Crippen LogP contribution in [-0.4, -0.2) is 41.6 Å². The number of fused-ring (bicyclic) bond motifs is 1. The van der Waals surface area contributed by atoms with Gasteiger partial charge in [0.05, 0.1) is 12.6 Å². The maximum absolute atomic E-state index is 12.0. The zero-order valence-corrected chi connectivity index (χ0v) is 12.6. The minimum atomic E-state index is 0.0858. The van der Waals surface area contributed by atoms with Crippen molar-refractivity contribution in [3.05, 3.63) is 17.6 Å². The number of aromatic nitrogens is 2. The van der Waals surface area contributed by atoms with Gasteiger partial charge in [-0.25, -0.2) is 9.97 Å². The van der Waals surface area contributed by atoms with Crippen molar-refractivity contribution >= 4 is 11.7 Å². The lowest BCUT2D eigenvalue weighted by Gasteiger charge is -2.44. The van der Waals surface area contributed by atoms with Gasteiger partial charge in [-0.15, -0.1) is 0 Å². The van der Waals surface area contributed by atoms with E-state index in [0.717, 1.165) is 24.4 Å². The number of rotatable bonds is 3. The molecule has 0 unspecified atom stereocenters. The van der Waals surface area contributed by atoms with E-state index in [1.165, 1.54) is 12.8 Å². The van der Waals surface area contributed by atoms with Gasteiger partial charge in [-0.05, 0) is 19.8 Å². The Balaban J connectivity index is 1.91. The topological polar surface area (TPSA) is 67.3 Å². The fourth-order valence-electron chi connectivity index (χ4n) is 3.38. The predicted molar refractivity (Wildman–Crippen MR) is 79.0 cm³/mol. The van der Waals surface area contributed by atoms with E-state index in [0.29, 0.717) is 25.0 Å². The van der Waals surface area contributed by atoms with E-state index < -0.39 is 0 Å². The molecule has 1 aromatic rings. The molecule has 1 aliphatic carbocycles. The average molecular weight is 290 g/mol. The highest BCUT2D eigenvalue weighted by molar-refractivity contribution is 5.83. The molecule has 2 heterocycles. The van der Waals surface area contributed by atoms with Crippen LogP contribution in [-0.2, 0) is 16.1 Å². The van der Waals surface area contributed by atoms with Gasteiger partial charge in [0.1, 0.15) is 12.4 Å². The van der Waals surface area contributed by atoms with Gasteiger partial charge in [0.2, 0.25) is 5.91 Å². The highest BCUT2D eigenvalue weighted by Crippen LogP contribution is 2.29. The molecule has 21 heavy (non-hydrogen) atoms. The van der Waals surface area contributed by atoms with Crippen LogP contribution in [0.25, 0.3) is 0 Å². The number of anilines is 1. The van der Waals surface area contributed by atoms with E-state index in [1.807, 2.05) is 13.0 Å². The highest BCUT2D eigenvalue weighted by atomic mass is 16.5. The molecule has 2 aliphatic rings. The number of hydrogen-bond acceptors (Lipinski definition) is 5. The number of carbonyl (C=O) groups excluding carboxylic acids is 1. The van der Waals surface area contributed by atoms with Crippen LogP contribution >= 0.6 is 0 Å². The number of piperazine rings is 1. The van der Waals surface area contributed by atoms with Gasteiger partial charge in [-0.1, -0.05) is 12.8 Å². The van der Waals surface area contributed by atoms with Crippen molar-refractivity contribution in [3.63, 3.8) is 0 Å². The van der Waals surface area contributed by atoms with Crippen LogP contribution in [0.3, 0.4) is 0 Å². The Kier molecular flexibility index (Phi) is 4.05. The summed E-state index contributed by atoms with van der Waals surface area (Å²) in [6.45, 7) is 2.72. The molecular formula is C15H22N4O2. The van der Waals surface area contributed by atoms with Gasteiger partial charge in [-0.2, -0.15) is 0 Å². The molecule has 1 aromatic heterocycles. The Bertz CT molecular complexity index is 534. The number of nitrogens with one attached hydrogen (secondary N) is 1. The lowest BCUT2D eigenvalue weighted by molar-refractivity contribution is -0.122. The van der Waals surface area contributed by atoms with Gasteiger partial charge in [-0.3, -0.25) is 4.79 Å². The first kappa shape index (κ1) is 14.3. The number of ether oxygens (including phenoxy) is 1. The van der Waals surface area contributed by atoms with Crippen molar-refractivity contribution in [2.75, 3.05) is 18.6 Å². The summed E-state index contributed by atoms with van der Waals surface area (Å²) in [5.41, 5.74) is 0.908. The summed E-state index contributed by atoms with van der Waals surface area (Å²) in [5.74, 6) is 1.61. The van der Waals surface area contributed by atoms with Crippen LogP contribution in [0, 0.1) is 6.92 Å². The third kappa shape index (κ3) is 3.00. The number of hydrogen-bond donors (Lipinski definition) is 1. The van der Waals surface area contributed by atoms with Crippen molar-refractivity contribution in [1.29, 1.82) is 0 Å². The third-order valence-corrected chi connectivity index (χ3v) is 4.24. The summed E-state index contributed by atoms with van der Waals surface area (Å²) in [6.07, 6.45) is 4.56. The first-order valence-electron chi connectivity index (χ1n) is 7.57. The standard InChI is InChI=1S/C15H22N4O2/c1-10-7-14(18-13(16-10)9-21-2)19-8-15(20)17-11-5-3-4-6-12(11)19/h7,11-12H,3-6,8-9H2,1-2H3,(H,17,20)/t11-,12+/m0/s1. The lowest BCUT2D eigenvalue weighted by atomic mass is 9.87. The second-order valence-corrected chi connectivity index (χ2v) is 5.87. The summed E-state index contributed by atoms with van der Waals surface area (Å²) < 4.78 is 5.13. The fourth-order valence-corrected chi connectivity index (χ4v) is 3.38. The van der Waals surface area contributed by atoms with Gasteiger partial charge < -0.3 is 15.0 Å². The van der Waals surface area contributed by atoms with Gasteiger partial charge in [0, 0.05) is 24.9 Å². The summed E-state index contributed by atoms with van der Waals surface area (Å²) >= 11 is 0. The van der Waals surface area contributed by atoms with Gasteiger partial charge in [0.25, 0.3) is 0 Å². The van der Waals surface area contributed by atoms with E-state index in [2.05, 4.69) is 20.2 Å². The monoisotopic (exact) mass is 290 g/mol. The van der Waals surface area contributed by atoms with E-state index in [4.69, 9.17) is 4.74 Å². The van der Waals surface area contributed by atoms with Gasteiger partial charge >= 0.3 is 0 Å². The van der Waals surface area contributed by atoms with Crippen LogP contribution in [0.5, 0.6) is 0 Å². The van der Waals surface area contributed by atoms with Crippen molar-refractivity contribution in [2.45, 2.75) is 51.3 Å². The second-order valence-electron chi connectivity index (χ2n) is 5.87. The molecule has 1 saturated carbocycles. The van der Waals surface area contributed by atoms with Crippen LogP contribution in [0.1, 0.15) is 37.2 Å². The number of nitrogens with zero attached hydrogens (tertiary/aromatic N) is 3. The number of methoxy groups -OCH3 is 1. The minimum Gasteiger partial charge on any atom is -0.377 e. The molecule has 2 atom stereocenters. The van der Waals surface area contributed by atoms with Crippen molar-refractivity contribution in [3.8, 4) is 0 Å². The van der Waals surface area contributed by atoms with Crippen LogP contribution in [0.4, 0.5) is 5.82 Å². The maximum Gasteiger partial charge on any atom is 0.239 e. The Morgan fingerprint density at radius 2 is 2.19 bits per heavy atom. The predicted octanol–water partition coefficient (Wildman–Crippen LogP) is 1.18. The Morgan fingerprint density at radius 3 is 3.00 bits per heavy atom. The van der Waals surface area contributed by atoms with Crippen LogP contribution < -0.4 is 10.2 Å². The zero-order chi connectivity index (χ0) is 14.8. The SMILES string of the molecule is COCc1nc(C)cc(N2CC(=O)N[C@H]3CCCC[C@H]32)n1. The number of carbonyl (C=O) groups is 1. The quantitative estimate of drug-likeness (QED) is 0.905. The van der Waals surface area contributed by atoms with Crippen LogP contribution in [0.15, 0.2) is 6.07 Å². The lowest BCUT2D eigenvalue weighted by Crippen LogP contribution is -2.62. The molecule has 1 amide bonds. The van der Waals surface area contributed by atoms with E-state index in [-0.39, 0.29) is 11.9 Å². The molecule has 0 bridgehead atoms. The first-order chi connectivity index (χ1) is 10.2. The molecule has 114 valence electrons. The number of aryl methyl sites for hydroxylation is 1. The first-order valence-corrected chi connectivity index (χ1v) is 7.57. The van der Waals surface area contributed by atoms with Crippen molar-refractivity contribution < 1.29 is 9.53 Å². The van der Waals surface area contributed by atoms with Crippen molar-refractivity contribution in [1.82, 2.24) is 15.3 Å². The summed E-state index contributed by atoms with van der Waals surface area (Å²) in [4.78, 5) is 23.1. The zero-order valence-electron chi connectivity index (χ0n) is 12.6. The maximum atomic E-state index is 12.0. The molecule has 1 saturated heterocycles. The third-order valence-electron chi connectivity index (χ3n) is 4.24. The summed E-state index contributed by atoms with van der Waals surface area (Å²) in [5, 5.41) is 3.12. The van der Waals surface area contributed by atoms with Crippen molar-refractivity contribution in [2.24, 2.45) is 0 Å². The summed E-state index contributed by atoms with van der Waals surface area (Å²) in [6, 6.07) is 2.56.